The van der Waals surface area contributed by atoms with E-state index in [1.807, 2.05) is 0 Å². The summed E-state index contributed by atoms with van der Waals surface area (Å²) in [6.07, 6.45) is 0. The molecule has 6 heteroatoms. The Morgan fingerprint density at radius 2 is 2.20 bits per heavy atom. The van der Waals surface area contributed by atoms with Crippen molar-refractivity contribution < 1.29 is 14.7 Å². The number of halogens is 1. The molecule has 1 heterocycles. The number of carbonyl (C=O) groups is 2. The Kier molecular flexibility index (Phi) is 2.36. The van der Waals surface area contributed by atoms with Crippen molar-refractivity contribution in [1.29, 1.82) is 0 Å². The van der Waals surface area contributed by atoms with Gasteiger partial charge in [-0.15, -0.1) is 0 Å². The Hall–Kier alpha value is -1.56. The normalized spacial score (nSPS) is 18.7. The highest BCUT2D eigenvalue weighted by molar-refractivity contribution is 9.10. The highest BCUT2D eigenvalue weighted by Crippen LogP contribution is 2.29. The van der Waals surface area contributed by atoms with Crippen molar-refractivity contribution in [3.05, 3.63) is 28.2 Å². The van der Waals surface area contributed by atoms with Gasteiger partial charge in [0.05, 0.1) is 0 Å². The van der Waals surface area contributed by atoms with Crippen LogP contribution in [0.3, 0.4) is 0 Å². The van der Waals surface area contributed by atoms with Gasteiger partial charge in [0, 0.05) is 15.7 Å². The van der Waals surface area contributed by atoms with Gasteiger partial charge in [-0.25, -0.2) is 9.59 Å². The number of carboxylic acid groups (broad SMARTS) is 1. The first-order chi connectivity index (χ1) is 7.08. The molecule has 1 aromatic rings. The van der Waals surface area contributed by atoms with E-state index >= 15 is 0 Å². The molecule has 1 aromatic carbocycles. The number of carbonyl (C=O) groups excluding carboxylic acids is 1. The van der Waals surface area contributed by atoms with Crippen molar-refractivity contribution in [3.8, 4) is 0 Å². The molecule has 2 rings (SSSR count). The third kappa shape index (κ3) is 1.80. The smallest absolute Gasteiger partial charge is 0.331 e. The molecule has 0 aliphatic carbocycles. The number of carboxylic acids is 1. The minimum atomic E-state index is -1.08. The lowest BCUT2D eigenvalue weighted by molar-refractivity contribution is -0.139. The second-order valence-corrected chi connectivity index (χ2v) is 4.02. The van der Waals surface area contributed by atoms with Crippen LogP contribution in [0, 0.1) is 0 Å². The van der Waals surface area contributed by atoms with E-state index in [4.69, 9.17) is 5.11 Å². The minimum absolute atomic E-state index is 0.503. The number of hydrogen-bond acceptors (Lipinski definition) is 2. The van der Waals surface area contributed by atoms with Gasteiger partial charge in [0.25, 0.3) is 0 Å². The molecule has 0 aromatic heterocycles. The minimum Gasteiger partial charge on any atom is -0.479 e. The van der Waals surface area contributed by atoms with Gasteiger partial charge in [0.15, 0.2) is 6.04 Å². The van der Waals surface area contributed by atoms with E-state index in [0.717, 1.165) is 4.47 Å². The molecule has 0 saturated heterocycles. The van der Waals surface area contributed by atoms with E-state index < -0.39 is 18.0 Å². The van der Waals surface area contributed by atoms with Crippen molar-refractivity contribution in [2.45, 2.75) is 6.04 Å². The number of aliphatic carboxylic acids is 1. The first-order valence-electron chi connectivity index (χ1n) is 4.17. The van der Waals surface area contributed by atoms with E-state index in [-0.39, 0.29) is 0 Å². The van der Waals surface area contributed by atoms with E-state index in [2.05, 4.69) is 26.6 Å². The summed E-state index contributed by atoms with van der Waals surface area (Å²) in [7, 11) is 0. The van der Waals surface area contributed by atoms with Crippen LogP contribution in [0.5, 0.6) is 0 Å². The molecule has 5 nitrogen and oxygen atoms in total. The summed E-state index contributed by atoms with van der Waals surface area (Å²) in [6, 6.07) is 3.57. The number of benzene rings is 1. The highest BCUT2D eigenvalue weighted by atomic mass is 79.9. The van der Waals surface area contributed by atoms with Gasteiger partial charge in [0.1, 0.15) is 0 Å². The summed E-state index contributed by atoms with van der Waals surface area (Å²) < 4.78 is 0.769. The molecule has 0 fully saturated rings. The van der Waals surface area contributed by atoms with Crippen molar-refractivity contribution in [3.63, 3.8) is 0 Å². The standard InChI is InChI=1S/C9H7BrN2O3/c10-4-1-2-6-5(3-4)7(8(13)14)12-9(15)11-6/h1-3,7H,(H,13,14)(H2,11,12,15). The summed E-state index contributed by atoms with van der Waals surface area (Å²) in [4.78, 5) is 22.0. The molecule has 1 unspecified atom stereocenters. The lowest BCUT2D eigenvalue weighted by Crippen LogP contribution is -2.41. The fourth-order valence-electron chi connectivity index (χ4n) is 1.45. The van der Waals surface area contributed by atoms with Crippen LogP contribution < -0.4 is 10.6 Å². The first kappa shape index (κ1) is 9.97. The van der Waals surface area contributed by atoms with Gasteiger partial charge in [0.2, 0.25) is 0 Å². The van der Waals surface area contributed by atoms with E-state index in [0.29, 0.717) is 11.3 Å². The summed E-state index contributed by atoms with van der Waals surface area (Å²) in [5, 5.41) is 13.8. The molecule has 0 spiro atoms. The van der Waals surface area contributed by atoms with E-state index in [9.17, 15) is 9.59 Å². The van der Waals surface area contributed by atoms with Gasteiger partial charge in [-0.05, 0) is 18.2 Å². The van der Waals surface area contributed by atoms with Gasteiger partial charge in [-0.1, -0.05) is 15.9 Å². The maximum Gasteiger partial charge on any atom is 0.331 e. The monoisotopic (exact) mass is 270 g/mol. The van der Waals surface area contributed by atoms with Crippen LogP contribution in [-0.4, -0.2) is 17.1 Å². The molecule has 15 heavy (non-hydrogen) atoms. The predicted molar refractivity (Wildman–Crippen MR) is 56.7 cm³/mol. The predicted octanol–water partition coefficient (Wildman–Crippen LogP) is 1.71. The summed E-state index contributed by atoms with van der Waals surface area (Å²) in [6.45, 7) is 0. The molecule has 0 radical (unpaired) electrons. The third-order valence-corrected chi connectivity index (χ3v) is 2.59. The second kappa shape index (κ2) is 3.54. The van der Waals surface area contributed by atoms with Gasteiger partial charge in [-0.2, -0.15) is 0 Å². The molecule has 1 aliphatic heterocycles. The van der Waals surface area contributed by atoms with Crippen molar-refractivity contribution in [1.82, 2.24) is 5.32 Å². The molecule has 1 aliphatic rings. The Bertz CT molecular complexity index is 447. The fourth-order valence-corrected chi connectivity index (χ4v) is 1.83. The Labute approximate surface area is 93.6 Å². The number of fused-ring (bicyclic) bond motifs is 1. The van der Waals surface area contributed by atoms with Crippen LogP contribution in [0.4, 0.5) is 10.5 Å². The summed E-state index contributed by atoms with van der Waals surface area (Å²) >= 11 is 3.25. The van der Waals surface area contributed by atoms with Crippen molar-refractivity contribution in [2.24, 2.45) is 0 Å². The Morgan fingerprint density at radius 1 is 1.47 bits per heavy atom. The zero-order valence-corrected chi connectivity index (χ0v) is 9.04. The zero-order valence-electron chi connectivity index (χ0n) is 7.45. The molecule has 78 valence electrons. The maximum absolute atomic E-state index is 11.1. The van der Waals surface area contributed by atoms with Gasteiger partial charge in [-0.3, -0.25) is 0 Å². The fraction of sp³-hybridized carbons (Fsp3) is 0.111. The Balaban J connectivity index is 2.52. The third-order valence-electron chi connectivity index (χ3n) is 2.10. The van der Waals surface area contributed by atoms with E-state index in [1.165, 1.54) is 0 Å². The number of anilines is 1. The first-order valence-corrected chi connectivity index (χ1v) is 4.97. The lowest BCUT2D eigenvalue weighted by atomic mass is 10.0. The van der Waals surface area contributed by atoms with Crippen LogP contribution in [-0.2, 0) is 4.79 Å². The zero-order chi connectivity index (χ0) is 11.0. The molecular formula is C9H7BrN2O3. The molecule has 3 N–H and O–H groups in total. The average Bonchev–Trinajstić information content (AvgIpc) is 2.17. The number of hydrogen-bond donors (Lipinski definition) is 3. The largest absolute Gasteiger partial charge is 0.479 e. The van der Waals surface area contributed by atoms with Crippen LogP contribution >= 0.6 is 15.9 Å². The quantitative estimate of drug-likeness (QED) is 0.727. The summed E-state index contributed by atoms with van der Waals surface area (Å²) in [5.41, 5.74) is 1.06. The molecule has 0 saturated carbocycles. The molecule has 2 amide bonds. The molecule has 0 bridgehead atoms. The summed E-state index contributed by atoms with van der Waals surface area (Å²) in [5.74, 6) is -1.08. The van der Waals surface area contributed by atoms with Crippen LogP contribution in [0.15, 0.2) is 22.7 Å². The van der Waals surface area contributed by atoms with Crippen LogP contribution in [0.25, 0.3) is 0 Å². The molecule has 1 atom stereocenters. The number of urea groups is 1. The average molecular weight is 271 g/mol. The number of rotatable bonds is 1. The SMILES string of the molecule is O=C1Nc2ccc(Br)cc2C(C(=O)O)N1. The van der Waals surface area contributed by atoms with Gasteiger partial charge >= 0.3 is 12.0 Å². The maximum atomic E-state index is 11.1. The van der Waals surface area contributed by atoms with Crippen LogP contribution in [0.2, 0.25) is 0 Å². The second-order valence-electron chi connectivity index (χ2n) is 3.10. The van der Waals surface area contributed by atoms with Crippen LogP contribution in [0.1, 0.15) is 11.6 Å². The van der Waals surface area contributed by atoms with E-state index in [1.54, 1.807) is 18.2 Å². The Morgan fingerprint density at radius 3 is 2.87 bits per heavy atom. The van der Waals surface area contributed by atoms with Crippen molar-refractivity contribution >= 4 is 33.6 Å². The lowest BCUT2D eigenvalue weighted by Gasteiger charge is -2.24. The molecular weight excluding hydrogens is 264 g/mol. The topological polar surface area (TPSA) is 78.4 Å². The van der Waals surface area contributed by atoms with Crippen molar-refractivity contribution in [2.75, 3.05) is 5.32 Å². The number of amides is 2. The van der Waals surface area contributed by atoms with Gasteiger partial charge < -0.3 is 15.7 Å². The number of nitrogens with one attached hydrogen (secondary N) is 2. The highest BCUT2D eigenvalue weighted by Gasteiger charge is 2.29.